The van der Waals surface area contributed by atoms with E-state index < -0.39 is 5.97 Å². The van der Waals surface area contributed by atoms with E-state index in [2.05, 4.69) is 15.9 Å². The number of hydrogen-bond donors (Lipinski definition) is 1. The molecule has 0 aliphatic heterocycles. The Hall–Kier alpha value is -1.36. The zero-order valence-electron chi connectivity index (χ0n) is 9.53. The molecule has 0 aromatic heterocycles. The Labute approximate surface area is 108 Å². The Kier molecular flexibility index (Phi) is 5.15. The van der Waals surface area contributed by atoms with E-state index in [1.807, 2.05) is 0 Å². The first-order chi connectivity index (χ1) is 8.10. The average molecular weight is 300 g/mol. The van der Waals surface area contributed by atoms with Crippen LogP contribution in [0.3, 0.4) is 0 Å². The first-order valence-electron chi connectivity index (χ1n) is 5.26. The molecular formula is C12H14BrNO3. The standard InChI is InChI=1S/C12H14BrNO3/c1-2-17-12(16)10-7-8(14)3-4-9(10)11(15)5-6-13/h3-4,7H,2,5-6,14H2,1H3. The highest BCUT2D eigenvalue weighted by Gasteiger charge is 2.17. The number of esters is 1. The molecule has 0 atom stereocenters. The molecule has 0 fully saturated rings. The highest BCUT2D eigenvalue weighted by Crippen LogP contribution is 2.17. The number of ketones is 1. The quantitative estimate of drug-likeness (QED) is 0.392. The first-order valence-corrected chi connectivity index (χ1v) is 6.38. The number of nitrogens with two attached hydrogens (primary N) is 1. The summed E-state index contributed by atoms with van der Waals surface area (Å²) in [5.41, 5.74) is 6.63. The molecule has 17 heavy (non-hydrogen) atoms. The highest BCUT2D eigenvalue weighted by molar-refractivity contribution is 9.09. The van der Waals surface area contributed by atoms with Gasteiger partial charge in [-0.25, -0.2) is 4.79 Å². The summed E-state index contributed by atoms with van der Waals surface area (Å²) in [6, 6.07) is 4.64. The molecule has 0 bridgehead atoms. The van der Waals surface area contributed by atoms with Crippen LogP contribution in [-0.4, -0.2) is 23.7 Å². The largest absolute Gasteiger partial charge is 0.462 e. The van der Waals surface area contributed by atoms with Gasteiger partial charge in [-0.05, 0) is 25.1 Å². The van der Waals surface area contributed by atoms with Crippen LogP contribution in [0.4, 0.5) is 5.69 Å². The predicted octanol–water partition coefficient (Wildman–Crippen LogP) is 2.41. The van der Waals surface area contributed by atoms with E-state index in [4.69, 9.17) is 10.5 Å². The second-order valence-corrected chi connectivity index (χ2v) is 4.18. The van der Waals surface area contributed by atoms with E-state index in [-0.39, 0.29) is 18.0 Å². The number of ether oxygens (including phenoxy) is 1. The van der Waals surface area contributed by atoms with E-state index in [1.165, 1.54) is 6.07 Å². The summed E-state index contributed by atoms with van der Waals surface area (Å²) in [7, 11) is 0. The van der Waals surface area contributed by atoms with Crippen LogP contribution in [-0.2, 0) is 4.74 Å². The van der Waals surface area contributed by atoms with Crippen LogP contribution in [0.5, 0.6) is 0 Å². The zero-order chi connectivity index (χ0) is 12.8. The fourth-order valence-corrected chi connectivity index (χ4v) is 1.76. The summed E-state index contributed by atoms with van der Waals surface area (Å²) in [5, 5.41) is 0.554. The third-order valence-electron chi connectivity index (χ3n) is 2.16. The number of Topliss-reactive ketones (excluding diaryl/α,β-unsaturated/α-hetero) is 1. The van der Waals surface area contributed by atoms with Crippen molar-refractivity contribution in [1.29, 1.82) is 0 Å². The van der Waals surface area contributed by atoms with Crippen LogP contribution < -0.4 is 5.73 Å². The fourth-order valence-electron chi connectivity index (χ4n) is 1.40. The van der Waals surface area contributed by atoms with Gasteiger partial charge in [0.2, 0.25) is 0 Å². The average Bonchev–Trinajstić information content (AvgIpc) is 2.29. The van der Waals surface area contributed by atoms with E-state index in [9.17, 15) is 9.59 Å². The molecule has 0 aliphatic carbocycles. The lowest BCUT2D eigenvalue weighted by atomic mass is 10.0. The van der Waals surface area contributed by atoms with Gasteiger partial charge in [-0.1, -0.05) is 15.9 Å². The van der Waals surface area contributed by atoms with Crippen LogP contribution in [0.1, 0.15) is 34.1 Å². The smallest absolute Gasteiger partial charge is 0.338 e. The SMILES string of the molecule is CCOC(=O)c1cc(N)ccc1C(=O)CCBr. The van der Waals surface area contributed by atoms with Crippen molar-refractivity contribution in [2.24, 2.45) is 0 Å². The second kappa shape index (κ2) is 6.39. The van der Waals surface area contributed by atoms with Crippen molar-refractivity contribution >= 4 is 33.4 Å². The Morgan fingerprint density at radius 1 is 1.35 bits per heavy atom. The van der Waals surface area contributed by atoms with Gasteiger partial charge in [-0.2, -0.15) is 0 Å². The number of alkyl halides is 1. The Balaban J connectivity index is 3.11. The van der Waals surface area contributed by atoms with Crippen LogP contribution in [0.2, 0.25) is 0 Å². The van der Waals surface area contributed by atoms with Gasteiger partial charge >= 0.3 is 5.97 Å². The highest BCUT2D eigenvalue weighted by atomic mass is 79.9. The number of anilines is 1. The molecule has 1 aromatic rings. The lowest BCUT2D eigenvalue weighted by Gasteiger charge is -2.08. The number of halogens is 1. The van der Waals surface area contributed by atoms with Crippen LogP contribution in [0, 0.1) is 0 Å². The van der Waals surface area contributed by atoms with E-state index in [0.717, 1.165) is 0 Å². The van der Waals surface area contributed by atoms with Crippen molar-refractivity contribution in [3.8, 4) is 0 Å². The van der Waals surface area contributed by atoms with E-state index in [0.29, 0.717) is 23.0 Å². The molecule has 0 amide bonds. The third-order valence-corrected chi connectivity index (χ3v) is 2.56. The molecule has 2 N–H and O–H groups in total. The Morgan fingerprint density at radius 3 is 2.65 bits per heavy atom. The maximum absolute atomic E-state index is 11.8. The van der Waals surface area contributed by atoms with Crippen molar-refractivity contribution in [2.75, 3.05) is 17.7 Å². The predicted molar refractivity (Wildman–Crippen MR) is 69.6 cm³/mol. The third kappa shape index (κ3) is 3.56. The lowest BCUT2D eigenvalue weighted by molar-refractivity contribution is 0.0523. The van der Waals surface area contributed by atoms with Crippen molar-refractivity contribution in [2.45, 2.75) is 13.3 Å². The molecule has 0 aliphatic rings. The minimum Gasteiger partial charge on any atom is -0.462 e. The molecule has 0 heterocycles. The normalized spacial score (nSPS) is 10.0. The zero-order valence-corrected chi connectivity index (χ0v) is 11.1. The van der Waals surface area contributed by atoms with E-state index in [1.54, 1.807) is 19.1 Å². The Bertz CT molecular complexity index is 432. The molecular weight excluding hydrogens is 286 g/mol. The summed E-state index contributed by atoms with van der Waals surface area (Å²) in [6.07, 6.45) is 0.330. The summed E-state index contributed by atoms with van der Waals surface area (Å²) in [5.74, 6) is -0.623. The van der Waals surface area contributed by atoms with Gasteiger partial charge in [-0.3, -0.25) is 4.79 Å². The van der Waals surface area contributed by atoms with Gasteiger partial charge in [0.1, 0.15) is 0 Å². The van der Waals surface area contributed by atoms with E-state index >= 15 is 0 Å². The topological polar surface area (TPSA) is 69.4 Å². The molecule has 5 heteroatoms. The summed E-state index contributed by atoms with van der Waals surface area (Å²) < 4.78 is 4.89. The van der Waals surface area contributed by atoms with Gasteiger partial charge < -0.3 is 10.5 Å². The van der Waals surface area contributed by atoms with Gasteiger partial charge in [0.25, 0.3) is 0 Å². The van der Waals surface area contributed by atoms with Crippen molar-refractivity contribution in [3.05, 3.63) is 29.3 Å². The summed E-state index contributed by atoms with van der Waals surface area (Å²) in [6.45, 7) is 1.98. The first kappa shape index (κ1) is 13.7. The maximum Gasteiger partial charge on any atom is 0.338 e. The number of benzene rings is 1. The monoisotopic (exact) mass is 299 g/mol. The molecule has 0 unspecified atom stereocenters. The molecule has 0 saturated carbocycles. The molecule has 1 aromatic carbocycles. The van der Waals surface area contributed by atoms with Gasteiger partial charge in [0.05, 0.1) is 12.2 Å². The Morgan fingerprint density at radius 2 is 2.06 bits per heavy atom. The minimum absolute atomic E-state index is 0.107. The summed E-state index contributed by atoms with van der Waals surface area (Å²) >= 11 is 3.19. The molecule has 0 spiro atoms. The van der Waals surface area contributed by atoms with Gasteiger partial charge in [0.15, 0.2) is 5.78 Å². The lowest BCUT2D eigenvalue weighted by Crippen LogP contribution is -2.12. The van der Waals surface area contributed by atoms with Crippen LogP contribution >= 0.6 is 15.9 Å². The van der Waals surface area contributed by atoms with Crippen molar-refractivity contribution < 1.29 is 14.3 Å². The fraction of sp³-hybridized carbons (Fsp3) is 0.333. The number of nitrogen functional groups attached to an aromatic ring is 1. The maximum atomic E-state index is 11.8. The summed E-state index contributed by atoms with van der Waals surface area (Å²) in [4.78, 5) is 23.5. The molecule has 4 nitrogen and oxygen atoms in total. The van der Waals surface area contributed by atoms with Crippen LogP contribution in [0.15, 0.2) is 18.2 Å². The number of rotatable bonds is 5. The molecule has 0 saturated heterocycles. The number of carbonyl (C=O) groups excluding carboxylic acids is 2. The molecule has 0 radical (unpaired) electrons. The van der Waals surface area contributed by atoms with Crippen LogP contribution in [0.25, 0.3) is 0 Å². The second-order valence-electron chi connectivity index (χ2n) is 3.39. The number of hydrogen-bond acceptors (Lipinski definition) is 4. The van der Waals surface area contributed by atoms with Crippen molar-refractivity contribution in [1.82, 2.24) is 0 Å². The van der Waals surface area contributed by atoms with Gasteiger partial charge in [-0.15, -0.1) is 0 Å². The molecule has 92 valence electrons. The number of carbonyl (C=O) groups is 2. The minimum atomic E-state index is -0.516. The van der Waals surface area contributed by atoms with Gasteiger partial charge in [0, 0.05) is 23.0 Å². The van der Waals surface area contributed by atoms with Crippen molar-refractivity contribution in [3.63, 3.8) is 0 Å². The molecule has 1 rings (SSSR count).